The number of aromatic nitrogens is 1. The highest BCUT2D eigenvalue weighted by Gasteiger charge is 2.19. The van der Waals surface area contributed by atoms with Gasteiger partial charge >= 0.3 is 0 Å². The molecule has 3 aromatic rings. The predicted octanol–water partition coefficient (Wildman–Crippen LogP) is 3.75. The van der Waals surface area contributed by atoms with Crippen LogP contribution in [0.15, 0.2) is 48.5 Å². The Balaban J connectivity index is 1.26. The van der Waals surface area contributed by atoms with Crippen LogP contribution in [0.25, 0.3) is 10.9 Å². The number of hydrogen-bond donors (Lipinski definition) is 1. The second kappa shape index (κ2) is 10.4. The van der Waals surface area contributed by atoms with E-state index in [0.717, 1.165) is 25.3 Å². The van der Waals surface area contributed by atoms with Crippen molar-refractivity contribution in [3.8, 4) is 5.75 Å². The second-order valence-corrected chi connectivity index (χ2v) is 9.17. The summed E-state index contributed by atoms with van der Waals surface area (Å²) >= 11 is 0. The van der Waals surface area contributed by atoms with Crippen molar-refractivity contribution in [1.82, 2.24) is 14.4 Å². The van der Waals surface area contributed by atoms with Crippen LogP contribution in [0.4, 0.5) is 0 Å². The van der Waals surface area contributed by atoms with Crippen molar-refractivity contribution in [3.63, 3.8) is 0 Å². The van der Waals surface area contributed by atoms with Crippen molar-refractivity contribution in [2.45, 2.75) is 45.9 Å². The van der Waals surface area contributed by atoms with Gasteiger partial charge in [-0.2, -0.15) is 0 Å². The molecule has 1 aromatic heterocycles. The van der Waals surface area contributed by atoms with Crippen molar-refractivity contribution < 1.29 is 14.6 Å². The van der Waals surface area contributed by atoms with Crippen LogP contribution in [0, 0.1) is 13.8 Å². The van der Waals surface area contributed by atoms with Crippen molar-refractivity contribution in [1.29, 1.82) is 0 Å². The van der Waals surface area contributed by atoms with E-state index in [1.165, 1.54) is 27.7 Å². The van der Waals surface area contributed by atoms with Crippen LogP contribution >= 0.6 is 0 Å². The number of fused-ring (bicyclic) bond motifs is 1. The van der Waals surface area contributed by atoms with Crippen LogP contribution in [-0.4, -0.2) is 64.8 Å². The largest absolute Gasteiger partial charge is 0.492 e. The number of aliphatic hydroxyl groups excluding tert-OH is 1. The monoisotopic (exact) mass is 449 g/mol. The smallest absolute Gasteiger partial charge is 0.222 e. The zero-order valence-corrected chi connectivity index (χ0v) is 20.0. The highest BCUT2D eigenvalue weighted by Crippen LogP contribution is 2.25. The summed E-state index contributed by atoms with van der Waals surface area (Å²) in [5, 5.41) is 12.0. The Bertz CT molecular complexity index is 1090. The van der Waals surface area contributed by atoms with E-state index in [2.05, 4.69) is 59.7 Å². The molecule has 0 aliphatic carbocycles. The molecule has 2 heterocycles. The number of likely N-dealkylation sites (N-methyl/N-ethyl adjacent to an activating group) is 1. The molecule has 0 unspecified atom stereocenters. The minimum atomic E-state index is -0.459. The van der Waals surface area contributed by atoms with Gasteiger partial charge in [-0.3, -0.25) is 9.69 Å². The number of aliphatic hydroxyl groups is 1. The number of likely N-dealkylation sites (tertiary alicyclic amines) is 1. The molecule has 1 aliphatic heterocycles. The average molecular weight is 450 g/mol. The van der Waals surface area contributed by atoms with Gasteiger partial charge in [0, 0.05) is 42.7 Å². The number of ether oxygens (including phenoxy) is 1. The molecule has 0 radical (unpaired) electrons. The first-order valence-corrected chi connectivity index (χ1v) is 11.8. The lowest BCUT2D eigenvalue weighted by molar-refractivity contribution is -0.128. The summed E-state index contributed by atoms with van der Waals surface area (Å²) < 4.78 is 8.03. The molecule has 1 atom stereocenters. The molecule has 6 heteroatoms. The lowest BCUT2D eigenvalue weighted by Crippen LogP contribution is -2.32. The summed E-state index contributed by atoms with van der Waals surface area (Å²) in [5.41, 5.74) is 4.84. The molecule has 0 spiro atoms. The highest BCUT2D eigenvalue weighted by molar-refractivity contribution is 5.85. The Kier molecular flexibility index (Phi) is 7.36. The zero-order chi connectivity index (χ0) is 23.4. The number of amides is 1. The molecule has 1 fully saturated rings. The predicted molar refractivity (Wildman–Crippen MR) is 132 cm³/mol. The molecule has 4 rings (SSSR count). The summed E-state index contributed by atoms with van der Waals surface area (Å²) in [6, 6.07) is 16.5. The number of carbonyl (C=O) groups excluding carboxylic acids is 1. The first-order chi connectivity index (χ1) is 15.9. The van der Waals surface area contributed by atoms with Gasteiger partial charge in [-0.25, -0.2) is 0 Å². The van der Waals surface area contributed by atoms with E-state index in [4.69, 9.17) is 4.74 Å². The van der Waals surface area contributed by atoms with Gasteiger partial charge in [0.15, 0.2) is 0 Å². The van der Waals surface area contributed by atoms with E-state index in [1.807, 2.05) is 24.1 Å². The molecule has 6 nitrogen and oxygen atoms in total. The summed E-state index contributed by atoms with van der Waals surface area (Å²) in [5.74, 6) is 1.05. The first-order valence-electron chi connectivity index (χ1n) is 11.8. The summed E-state index contributed by atoms with van der Waals surface area (Å²) in [4.78, 5) is 15.7. The summed E-state index contributed by atoms with van der Waals surface area (Å²) in [6.07, 6.45) is 1.16. The quantitative estimate of drug-likeness (QED) is 0.512. The number of rotatable bonds is 10. The number of aryl methyl sites for hydroxylation is 1. The maximum Gasteiger partial charge on any atom is 0.222 e. The average Bonchev–Trinajstić information content (AvgIpc) is 3.31. The van der Waals surface area contributed by atoms with Gasteiger partial charge in [-0.1, -0.05) is 30.3 Å². The molecule has 1 aliphatic rings. The normalized spacial score (nSPS) is 15.1. The van der Waals surface area contributed by atoms with E-state index >= 15 is 0 Å². The molecule has 176 valence electrons. The van der Waals surface area contributed by atoms with Crippen LogP contribution in [0.2, 0.25) is 0 Å². The third-order valence-electron chi connectivity index (χ3n) is 6.64. The molecule has 2 aromatic carbocycles. The minimum absolute atomic E-state index is 0.231. The number of nitrogens with zero attached hydrogens (tertiary/aromatic N) is 3. The third kappa shape index (κ3) is 5.57. The molecule has 0 bridgehead atoms. The standard InChI is InChI=1S/C27H35N3O3/c1-20-21(2)30(26-8-5-4-7-25(20)26)19-23(31)18-28(3)17-22-10-12-24(13-11-22)33-16-15-29-14-6-9-27(29)32/h4-5,7-8,10-13,23,31H,6,9,14-19H2,1-3H3/t23-/m0/s1. The maximum absolute atomic E-state index is 11.7. The van der Waals surface area contributed by atoms with Crippen molar-refractivity contribution >= 4 is 16.8 Å². The number of hydrogen-bond acceptors (Lipinski definition) is 4. The molecule has 1 saturated heterocycles. The van der Waals surface area contributed by atoms with Crippen LogP contribution in [-0.2, 0) is 17.9 Å². The lowest BCUT2D eigenvalue weighted by Gasteiger charge is -2.22. The van der Waals surface area contributed by atoms with E-state index < -0.39 is 6.10 Å². The number of carbonyl (C=O) groups is 1. The molecule has 1 amide bonds. The Hall–Kier alpha value is -2.83. The van der Waals surface area contributed by atoms with Gasteiger partial charge in [-0.05, 0) is 56.6 Å². The van der Waals surface area contributed by atoms with Crippen LogP contribution in [0.5, 0.6) is 5.75 Å². The Morgan fingerprint density at radius 3 is 2.61 bits per heavy atom. The van der Waals surface area contributed by atoms with Crippen molar-refractivity contribution in [2.24, 2.45) is 0 Å². The second-order valence-electron chi connectivity index (χ2n) is 9.17. The SMILES string of the molecule is Cc1c(C)n(C[C@@H](O)CN(C)Cc2ccc(OCCN3CCCC3=O)cc2)c2ccccc12. The van der Waals surface area contributed by atoms with Crippen LogP contribution in [0.3, 0.4) is 0 Å². The fourth-order valence-corrected chi connectivity index (χ4v) is 4.75. The molecular formula is C27H35N3O3. The third-order valence-corrected chi connectivity index (χ3v) is 6.64. The lowest BCUT2D eigenvalue weighted by atomic mass is 10.2. The van der Waals surface area contributed by atoms with Gasteiger partial charge in [0.05, 0.1) is 19.2 Å². The van der Waals surface area contributed by atoms with Gasteiger partial charge in [0.25, 0.3) is 0 Å². The van der Waals surface area contributed by atoms with Crippen molar-refractivity contribution in [3.05, 3.63) is 65.4 Å². The van der Waals surface area contributed by atoms with E-state index in [-0.39, 0.29) is 5.91 Å². The number of para-hydroxylation sites is 1. The van der Waals surface area contributed by atoms with E-state index in [9.17, 15) is 9.90 Å². The molecule has 1 N–H and O–H groups in total. The maximum atomic E-state index is 11.7. The fourth-order valence-electron chi connectivity index (χ4n) is 4.75. The zero-order valence-electron chi connectivity index (χ0n) is 20.0. The molecule has 33 heavy (non-hydrogen) atoms. The highest BCUT2D eigenvalue weighted by atomic mass is 16.5. The van der Waals surface area contributed by atoms with Gasteiger partial charge < -0.3 is 19.3 Å². The Morgan fingerprint density at radius 2 is 1.88 bits per heavy atom. The first kappa shape index (κ1) is 23.3. The number of benzene rings is 2. The Morgan fingerprint density at radius 1 is 1.12 bits per heavy atom. The summed E-state index contributed by atoms with van der Waals surface area (Å²) in [6.45, 7) is 8.21. The minimum Gasteiger partial charge on any atom is -0.492 e. The van der Waals surface area contributed by atoms with Crippen LogP contribution < -0.4 is 4.74 Å². The van der Waals surface area contributed by atoms with Crippen molar-refractivity contribution in [2.75, 3.05) is 33.3 Å². The molecule has 0 saturated carbocycles. The Labute approximate surface area is 196 Å². The van der Waals surface area contributed by atoms with E-state index in [0.29, 0.717) is 32.7 Å². The van der Waals surface area contributed by atoms with Crippen LogP contribution in [0.1, 0.15) is 29.7 Å². The fraction of sp³-hybridized carbons (Fsp3) is 0.444. The van der Waals surface area contributed by atoms with Gasteiger partial charge in [-0.15, -0.1) is 0 Å². The van der Waals surface area contributed by atoms with Gasteiger partial charge in [0.1, 0.15) is 12.4 Å². The topological polar surface area (TPSA) is 57.9 Å². The van der Waals surface area contributed by atoms with E-state index in [1.54, 1.807) is 0 Å². The van der Waals surface area contributed by atoms with Gasteiger partial charge in [0.2, 0.25) is 5.91 Å². The molecular weight excluding hydrogens is 414 g/mol. The summed E-state index contributed by atoms with van der Waals surface area (Å²) in [7, 11) is 2.03.